The van der Waals surface area contributed by atoms with E-state index in [1.54, 1.807) is 45.0 Å². The Labute approximate surface area is 373 Å². The second-order valence-electron chi connectivity index (χ2n) is 15.3. The fraction of sp³-hybridized carbons (Fsp3) is 0.571. The minimum Gasteiger partial charge on any atom is -0.494 e. The van der Waals surface area contributed by atoms with Crippen molar-refractivity contribution < 1.29 is 23.9 Å². The van der Waals surface area contributed by atoms with Crippen LogP contribution in [0.5, 0.6) is 11.5 Å². The van der Waals surface area contributed by atoms with Crippen LogP contribution in [0.15, 0.2) is 77.7 Å². The number of carbonyl (C=O) groups is 3. The van der Waals surface area contributed by atoms with Crippen molar-refractivity contribution in [3.63, 3.8) is 0 Å². The number of amides is 3. The number of nitrogens with one attached hydrogen (secondary N) is 4. The standard InChI is InChI=1S/C17H28N2O2.C16H26N2O2.C16H26N2OS/c1-3-4-5-6-12-21-16-9-7-8-15(13-16)10-11-19-14-17(20)18-2;2*1-4-5-11-20-15-8-6-7-14(12-15)9-10-17-13-16(19)18(2)3/h7-9,13,19H,3-6,10-12,14H2,1-2H3,(H,18,20);2*6-8,12,17H,4-5,9-11,13H2,1-3H3. The normalized spacial score (nSPS) is 10.4. The molecular formula is C49H80N6O5S. The van der Waals surface area contributed by atoms with E-state index >= 15 is 0 Å². The maximum Gasteiger partial charge on any atom is 0.236 e. The average molecular weight is 865 g/mol. The first kappa shape index (κ1) is 54.9. The van der Waals surface area contributed by atoms with Crippen LogP contribution in [0.1, 0.15) is 88.8 Å². The maximum atomic E-state index is 11.4. The van der Waals surface area contributed by atoms with Gasteiger partial charge in [0.2, 0.25) is 17.7 Å². The molecule has 3 aromatic rings. The zero-order chi connectivity index (χ0) is 44.9. The quantitative estimate of drug-likeness (QED) is 0.0418. The van der Waals surface area contributed by atoms with Gasteiger partial charge in [-0.15, -0.1) is 11.8 Å². The summed E-state index contributed by atoms with van der Waals surface area (Å²) in [5, 5.41) is 12.0. The molecule has 3 aromatic carbocycles. The van der Waals surface area contributed by atoms with Crippen molar-refractivity contribution >= 4 is 29.5 Å². The third kappa shape index (κ3) is 29.7. The Hall–Kier alpha value is -4.10. The van der Waals surface area contributed by atoms with Crippen molar-refractivity contribution in [3.05, 3.63) is 89.5 Å². The van der Waals surface area contributed by atoms with Crippen LogP contribution >= 0.6 is 11.8 Å². The summed E-state index contributed by atoms with van der Waals surface area (Å²) in [5.74, 6) is 3.29. The second-order valence-corrected chi connectivity index (χ2v) is 16.5. The van der Waals surface area contributed by atoms with E-state index in [-0.39, 0.29) is 17.7 Å². The van der Waals surface area contributed by atoms with Gasteiger partial charge in [-0.2, -0.15) is 0 Å². The molecule has 0 radical (unpaired) electrons. The lowest BCUT2D eigenvalue weighted by atomic mass is 10.1. The third-order valence-corrected chi connectivity index (χ3v) is 10.5. The summed E-state index contributed by atoms with van der Waals surface area (Å²) < 4.78 is 11.5. The number of benzene rings is 3. The topological polar surface area (TPSA) is 124 Å². The number of likely N-dealkylation sites (N-methyl/N-ethyl adjacent to an activating group) is 3. The van der Waals surface area contributed by atoms with Gasteiger partial charge in [0, 0.05) is 40.1 Å². The summed E-state index contributed by atoms with van der Waals surface area (Å²) in [6, 6.07) is 25.1. The molecule has 0 saturated carbocycles. The number of rotatable bonds is 29. The molecule has 4 N–H and O–H groups in total. The first-order valence-electron chi connectivity index (χ1n) is 22.4. The summed E-state index contributed by atoms with van der Waals surface area (Å²) in [6.45, 7) is 11.7. The van der Waals surface area contributed by atoms with Gasteiger partial charge in [0.05, 0.1) is 32.8 Å². The van der Waals surface area contributed by atoms with E-state index in [9.17, 15) is 14.4 Å². The maximum absolute atomic E-state index is 11.4. The highest BCUT2D eigenvalue weighted by atomic mass is 32.2. The Morgan fingerprint density at radius 1 is 0.557 bits per heavy atom. The molecule has 3 amide bonds. The number of thioether (sulfide) groups is 1. The molecular weight excluding hydrogens is 785 g/mol. The molecule has 0 aliphatic carbocycles. The fourth-order valence-electron chi connectivity index (χ4n) is 5.46. The highest BCUT2D eigenvalue weighted by Gasteiger charge is 2.05. The second kappa shape index (κ2) is 36.5. The monoisotopic (exact) mass is 865 g/mol. The van der Waals surface area contributed by atoms with Crippen LogP contribution < -0.4 is 30.7 Å². The van der Waals surface area contributed by atoms with Crippen molar-refractivity contribution in [2.75, 3.05) is 93.5 Å². The molecule has 0 fully saturated rings. The smallest absolute Gasteiger partial charge is 0.236 e. The molecule has 61 heavy (non-hydrogen) atoms. The molecule has 0 aliphatic rings. The predicted octanol–water partition coefficient (Wildman–Crippen LogP) is 7.41. The number of nitrogens with zero attached hydrogens (tertiary/aromatic N) is 2. The lowest BCUT2D eigenvalue weighted by Gasteiger charge is -2.11. The molecule has 0 heterocycles. The van der Waals surface area contributed by atoms with E-state index in [1.165, 1.54) is 59.4 Å². The van der Waals surface area contributed by atoms with Gasteiger partial charge in [0.1, 0.15) is 11.5 Å². The highest BCUT2D eigenvalue weighted by molar-refractivity contribution is 7.99. The molecule has 0 saturated heterocycles. The largest absolute Gasteiger partial charge is 0.494 e. The summed E-state index contributed by atoms with van der Waals surface area (Å²) in [4.78, 5) is 38.4. The molecule has 0 atom stereocenters. The number of carbonyl (C=O) groups excluding carboxylic acids is 3. The zero-order valence-electron chi connectivity index (χ0n) is 38.9. The van der Waals surface area contributed by atoms with E-state index in [0.29, 0.717) is 19.6 Å². The molecule has 0 aliphatic heterocycles. The Bertz CT molecular complexity index is 1510. The Balaban J connectivity index is 0.000000458. The first-order valence-corrected chi connectivity index (χ1v) is 23.4. The van der Waals surface area contributed by atoms with Crippen molar-refractivity contribution in [2.24, 2.45) is 0 Å². The summed E-state index contributed by atoms with van der Waals surface area (Å²) >= 11 is 1.93. The van der Waals surface area contributed by atoms with Crippen LogP contribution in [0, 0.1) is 0 Å². The van der Waals surface area contributed by atoms with Gasteiger partial charge in [0.15, 0.2) is 0 Å². The van der Waals surface area contributed by atoms with Gasteiger partial charge >= 0.3 is 0 Å². The highest BCUT2D eigenvalue weighted by Crippen LogP contribution is 2.21. The minimum absolute atomic E-state index is 0.0131. The lowest BCUT2D eigenvalue weighted by molar-refractivity contribution is -0.128. The number of hydrogen-bond acceptors (Lipinski definition) is 9. The molecule has 342 valence electrons. The Kier molecular flexibility index (Phi) is 32.9. The summed E-state index contributed by atoms with van der Waals surface area (Å²) in [7, 11) is 8.73. The first-order chi connectivity index (χ1) is 29.5. The van der Waals surface area contributed by atoms with Crippen molar-refractivity contribution in [1.29, 1.82) is 0 Å². The van der Waals surface area contributed by atoms with E-state index in [4.69, 9.17) is 9.47 Å². The van der Waals surface area contributed by atoms with Crippen LogP contribution in [0.2, 0.25) is 0 Å². The Morgan fingerprint density at radius 2 is 1.02 bits per heavy atom. The van der Waals surface area contributed by atoms with Gasteiger partial charge in [-0.1, -0.05) is 89.3 Å². The lowest BCUT2D eigenvalue weighted by Crippen LogP contribution is -2.33. The predicted molar refractivity (Wildman–Crippen MR) is 256 cm³/mol. The number of ether oxygens (including phenoxy) is 2. The number of hydrogen-bond donors (Lipinski definition) is 4. The molecule has 0 unspecified atom stereocenters. The van der Waals surface area contributed by atoms with Crippen LogP contribution in [0.4, 0.5) is 0 Å². The van der Waals surface area contributed by atoms with E-state index in [1.807, 2.05) is 36.0 Å². The fourth-order valence-corrected chi connectivity index (χ4v) is 6.53. The van der Waals surface area contributed by atoms with Crippen LogP contribution in [0.25, 0.3) is 0 Å². The van der Waals surface area contributed by atoms with Gasteiger partial charge in [0.25, 0.3) is 0 Å². The van der Waals surface area contributed by atoms with E-state index in [0.717, 1.165) is 82.9 Å². The zero-order valence-corrected chi connectivity index (χ0v) is 39.7. The molecule has 0 aromatic heterocycles. The van der Waals surface area contributed by atoms with Crippen LogP contribution in [-0.4, -0.2) is 121 Å². The summed E-state index contributed by atoms with van der Waals surface area (Å²) in [5.41, 5.74) is 3.78. The van der Waals surface area contributed by atoms with Gasteiger partial charge in [-0.05, 0) is 117 Å². The van der Waals surface area contributed by atoms with E-state index in [2.05, 4.69) is 90.6 Å². The molecule has 0 bridgehead atoms. The molecule has 12 heteroatoms. The Morgan fingerprint density at radius 3 is 1.49 bits per heavy atom. The molecule has 3 rings (SSSR count). The SMILES string of the molecule is CCCCCCOc1cccc(CCNCC(=O)NC)c1.CCCCOc1cccc(CCNCC(=O)N(C)C)c1.CCCCSc1cccc(CCNCC(=O)N(C)C)c1. The van der Waals surface area contributed by atoms with Gasteiger partial charge in [-0.25, -0.2) is 0 Å². The molecule has 11 nitrogen and oxygen atoms in total. The van der Waals surface area contributed by atoms with E-state index < -0.39 is 0 Å². The van der Waals surface area contributed by atoms with Crippen LogP contribution in [0.3, 0.4) is 0 Å². The van der Waals surface area contributed by atoms with Crippen molar-refractivity contribution in [1.82, 2.24) is 31.1 Å². The summed E-state index contributed by atoms with van der Waals surface area (Å²) in [6.07, 6.45) is 12.4. The van der Waals surface area contributed by atoms with Crippen LogP contribution in [-0.2, 0) is 33.6 Å². The average Bonchev–Trinajstić information content (AvgIpc) is 3.26. The number of unbranched alkanes of at least 4 members (excludes halogenated alkanes) is 5. The van der Waals surface area contributed by atoms with Gasteiger partial charge < -0.3 is 40.5 Å². The van der Waals surface area contributed by atoms with Gasteiger partial charge in [-0.3, -0.25) is 14.4 Å². The van der Waals surface area contributed by atoms with Crippen molar-refractivity contribution in [3.8, 4) is 11.5 Å². The minimum atomic E-state index is 0.0131. The third-order valence-electron chi connectivity index (χ3n) is 9.38. The van der Waals surface area contributed by atoms with Crippen molar-refractivity contribution in [2.45, 2.75) is 96.3 Å². The molecule has 0 spiro atoms.